The lowest BCUT2D eigenvalue weighted by molar-refractivity contribution is -0.137. The molecule has 0 amide bonds. The van der Waals surface area contributed by atoms with Crippen LogP contribution in [0.25, 0.3) is 16.5 Å². The summed E-state index contributed by atoms with van der Waals surface area (Å²) in [6.07, 6.45) is 1.32. The number of aryl methyl sites for hydroxylation is 1. The smallest absolute Gasteiger partial charge is 0.336 e. The van der Waals surface area contributed by atoms with Crippen LogP contribution in [-0.4, -0.2) is 17.7 Å². The molecule has 5 heteroatoms. The van der Waals surface area contributed by atoms with Gasteiger partial charge in [0.15, 0.2) is 0 Å². The Bertz CT molecular complexity index is 783. The molecule has 0 unspecified atom stereocenters. The van der Waals surface area contributed by atoms with Gasteiger partial charge in [-0.3, -0.25) is 0 Å². The van der Waals surface area contributed by atoms with Crippen LogP contribution < -0.4 is 5.63 Å². The second-order valence-corrected chi connectivity index (χ2v) is 4.69. The number of carbonyl (C=O) groups excluding carboxylic acids is 1. The van der Waals surface area contributed by atoms with Gasteiger partial charge in [0, 0.05) is 29.2 Å². The van der Waals surface area contributed by atoms with Gasteiger partial charge in [-0.05, 0) is 38.0 Å². The molecular weight excluding hydrogens is 272 g/mol. The van der Waals surface area contributed by atoms with Crippen LogP contribution in [-0.2, 0) is 9.53 Å². The average Bonchev–Trinajstić information content (AvgIpc) is 2.37. The van der Waals surface area contributed by atoms with E-state index in [1.165, 1.54) is 18.2 Å². The summed E-state index contributed by atoms with van der Waals surface area (Å²) in [5.41, 5.74) is 1.65. The summed E-state index contributed by atoms with van der Waals surface area (Å²) in [5.74, 6) is -0.528. The Kier molecular flexibility index (Phi) is 4.12. The fourth-order valence-corrected chi connectivity index (χ4v) is 2.11. The summed E-state index contributed by atoms with van der Waals surface area (Å²) in [6.45, 7) is 5.49. The van der Waals surface area contributed by atoms with Gasteiger partial charge in [-0.15, -0.1) is 0 Å². The van der Waals surface area contributed by atoms with Crippen molar-refractivity contribution in [1.82, 2.24) is 0 Å². The Morgan fingerprint density at radius 3 is 2.76 bits per heavy atom. The third-order valence-electron chi connectivity index (χ3n) is 3.11. The average molecular weight is 288 g/mol. The van der Waals surface area contributed by atoms with Crippen LogP contribution in [0.2, 0.25) is 0 Å². The van der Waals surface area contributed by atoms with Crippen molar-refractivity contribution in [3.8, 4) is 5.75 Å². The van der Waals surface area contributed by atoms with Gasteiger partial charge in [0.05, 0.1) is 6.61 Å². The lowest BCUT2D eigenvalue weighted by atomic mass is 10.0. The van der Waals surface area contributed by atoms with E-state index in [4.69, 9.17) is 9.15 Å². The van der Waals surface area contributed by atoms with Gasteiger partial charge in [0.1, 0.15) is 11.3 Å². The van der Waals surface area contributed by atoms with E-state index in [1.54, 1.807) is 26.8 Å². The van der Waals surface area contributed by atoms with E-state index < -0.39 is 11.6 Å². The number of carbonyl (C=O) groups is 1. The van der Waals surface area contributed by atoms with Crippen LogP contribution in [0.1, 0.15) is 25.0 Å². The van der Waals surface area contributed by atoms with Gasteiger partial charge in [0.2, 0.25) is 0 Å². The molecule has 1 N–H and O–H groups in total. The van der Waals surface area contributed by atoms with Crippen molar-refractivity contribution >= 4 is 22.5 Å². The van der Waals surface area contributed by atoms with Gasteiger partial charge in [-0.2, -0.15) is 0 Å². The molecule has 0 atom stereocenters. The highest BCUT2D eigenvalue weighted by Gasteiger charge is 2.11. The number of hydrogen-bond acceptors (Lipinski definition) is 5. The number of benzene rings is 1. The minimum Gasteiger partial charge on any atom is -0.507 e. The Hall–Kier alpha value is -2.56. The summed E-state index contributed by atoms with van der Waals surface area (Å²) in [7, 11) is 0. The van der Waals surface area contributed by atoms with Crippen molar-refractivity contribution in [3.63, 3.8) is 0 Å². The van der Waals surface area contributed by atoms with E-state index in [1.807, 2.05) is 0 Å². The predicted octanol–water partition coefficient (Wildman–Crippen LogP) is 2.77. The van der Waals surface area contributed by atoms with E-state index in [0.717, 1.165) is 5.56 Å². The molecule has 0 aliphatic heterocycles. The monoisotopic (exact) mass is 288 g/mol. The third-order valence-corrected chi connectivity index (χ3v) is 3.11. The number of phenolic OH excluding ortho intramolecular Hbond substituents is 1. The summed E-state index contributed by atoms with van der Waals surface area (Å²) in [4.78, 5) is 22.8. The van der Waals surface area contributed by atoms with Crippen LogP contribution in [0.4, 0.5) is 0 Å². The van der Waals surface area contributed by atoms with Crippen molar-refractivity contribution in [2.75, 3.05) is 6.61 Å². The van der Waals surface area contributed by atoms with Crippen molar-refractivity contribution < 1.29 is 19.1 Å². The maximum atomic E-state index is 11.5. The standard InChI is InChI=1S/C16H16O5/c1-4-20-15(18)5-9(2)11-7-12-10(3)6-16(19)21-14(12)8-13(11)17/h5-8,17H,4H2,1-3H3/b9-5+. The highest BCUT2D eigenvalue weighted by atomic mass is 16.5. The van der Waals surface area contributed by atoms with Crippen molar-refractivity contribution in [2.45, 2.75) is 20.8 Å². The molecule has 0 aliphatic carbocycles. The molecule has 0 spiro atoms. The molecule has 2 aromatic rings. The normalized spacial score (nSPS) is 11.7. The van der Waals surface area contributed by atoms with E-state index in [9.17, 15) is 14.7 Å². The lowest BCUT2D eigenvalue weighted by Crippen LogP contribution is -2.01. The van der Waals surface area contributed by atoms with Crippen LogP contribution in [0.5, 0.6) is 5.75 Å². The number of esters is 1. The Balaban J connectivity index is 2.57. The summed E-state index contributed by atoms with van der Waals surface area (Å²) < 4.78 is 9.90. The first-order valence-corrected chi connectivity index (χ1v) is 6.55. The molecule has 1 heterocycles. The molecule has 0 radical (unpaired) electrons. The zero-order valence-corrected chi connectivity index (χ0v) is 12.1. The second-order valence-electron chi connectivity index (χ2n) is 4.69. The first-order chi connectivity index (χ1) is 9.92. The molecule has 110 valence electrons. The van der Waals surface area contributed by atoms with Gasteiger partial charge >= 0.3 is 11.6 Å². The van der Waals surface area contributed by atoms with Gasteiger partial charge < -0.3 is 14.3 Å². The molecule has 1 aromatic heterocycles. The minimum atomic E-state index is -0.467. The quantitative estimate of drug-likeness (QED) is 0.534. The van der Waals surface area contributed by atoms with Crippen molar-refractivity contribution in [2.24, 2.45) is 0 Å². The predicted molar refractivity (Wildman–Crippen MR) is 79.2 cm³/mol. The van der Waals surface area contributed by atoms with E-state index in [2.05, 4.69) is 0 Å². The fraction of sp³-hybridized carbons (Fsp3) is 0.250. The summed E-state index contributed by atoms with van der Waals surface area (Å²) in [6, 6.07) is 4.45. The first kappa shape index (κ1) is 14.8. The number of rotatable bonds is 3. The van der Waals surface area contributed by atoms with Crippen molar-refractivity contribution in [1.29, 1.82) is 0 Å². The molecule has 0 saturated carbocycles. The molecule has 5 nitrogen and oxygen atoms in total. The second kappa shape index (κ2) is 5.83. The highest BCUT2D eigenvalue weighted by molar-refractivity contribution is 5.94. The highest BCUT2D eigenvalue weighted by Crippen LogP contribution is 2.30. The number of fused-ring (bicyclic) bond motifs is 1. The van der Waals surface area contributed by atoms with Gasteiger partial charge in [-0.1, -0.05) is 0 Å². The zero-order valence-electron chi connectivity index (χ0n) is 12.1. The van der Waals surface area contributed by atoms with Gasteiger partial charge in [-0.25, -0.2) is 9.59 Å². The maximum Gasteiger partial charge on any atom is 0.336 e. The topological polar surface area (TPSA) is 76.7 Å². The largest absolute Gasteiger partial charge is 0.507 e. The summed E-state index contributed by atoms with van der Waals surface area (Å²) >= 11 is 0. The Morgan fingerprint density at radius 1 is 1.38 bits per heavy atom. The summed E-state index contributed by atoms with van der Waals surface area (Å²) in [5, 5.41) is 10.8. The molecule has 0 bridgehead atoms. The molecular formula is C16H16O5. The van der Waals surface area contributed by atoms with Gasteiger partial charge in [0.25, 0.3) is 0 Å². The van der Waals surface area contributed by atoms with Crippen LogP contribution >= 0.6 is 0 Å². The number of ether oxygens (including phenoxy) is 1. The zero-order chi connectivity index (χ0) is 15.6. The number of hydrogen-bond donors (Lipinski definition) is 1. The molecule has 0 aliphatic rings. The van der Waals surface area contributed by atoms with Crippen LogP contribution in [0, 0.1) is 6.92 Å². The third kappa shape index (κ3) is 3.13. The molecule has 2 rings (SSSR count). The Labute approximate surface area is 121 Å². The number of allylic oxidation sites excluding steroid dienone is 1. The number of aromatic hydroxyl groups is 1. The first-order valence-electron chi connectivity index (χ1n) is 6.55. The molecule has 0 fully saturated rings. The minimum absolute atomic E-state index is 0.0608. The lowest BCUT2D eigenvalue weighted by Gasteiger charge is -2.08. The van der Waals surface area contributed by atoms with E-state index in [-0.39, 0.29) is 12.4 Å². The van der Waals surface area contributed by atoms with Crippen LogP contribution in [0.15, 0.2) is 33.5 Å². The maximum absolute atomic E-state index is 11.5. The van der Waals surface area contributed by atoms with Crippen LogP contribution in [0.3, 0.4) is 0 Å². The Morgan fingerprint density at radius 2 is 2.10 bits per heavy atom. The molecule has 1 aromatic carbocycles. The van der Waals surface area contributed by atoms with E-state index in [0.29, 0.717) is 22.1 Å². The molecule has 0 saturated heterocycles. The SMILES string of the molecule is CCOC(=O)/C=C(\C)c1cc2c(C)cc(=O)oc2cc1O. The fourth-order valence-electron chi connectivity index (χ4n) is 2.11. The molecule has 21 heavy (non-hydrogen) atoms. The van der Waals surface area contributed by atoms with E-state index >= 15 is 0 Å². The van der Waals surface area contributed by atoms with Crippen molar-refractivity contribution in [3.05, 3.63) is 45.8 Å². The number of phenols is 1.